The molecule has 0 spiro atoms. The predicted octanol–water partition coefficient (Wildman–Crippen LogP) is 20.0. The summed E-state index contributed by atoms with van der Waals surface area (Å²) in [6.45, 7) is 0. The molecule has 0 saturated carbocycles. The van der Waals surface area contributed by atoms with E-state index in [1.807, 2.05) is 0 Å². The molecule has 16 heteroatoms. The van der Waals surface area contributed by atoms with E-state index in [2.05, 4.69) is 12.1 Å². The average molecular weight is 1110 g/mol. The van der Waals surface area contributed by atoms with Gasteiger partial charge in [0.2, 0.25) is 0 Å². The highest BCUT2D eigenvalue weighted by molar-refractivity contribution is 6.13. The Morgan fingerprint density at radius 3 is 0.744 bits per heavy atom. The number of aromatic nitrogens is 2. The van der Waals surface area contributed by atoms with Crippen LogP contribution in [0.25, 0.3) is 111 Å². The fraction of sp³-hybridized carbons (Fsp3) is 0.0606. The monoisotopic (exact) mass is 1110 g/mol. The summed E-state index contributed by atoms with van der Waals surface area (Å²) in [6, 6.07) is 52.5. The van der Waals surface area contributed by atoms with Gasteiger partial charge in [-0.25, -0.2) is 0 Å². The van der Waals surface area contributed by atoms with Gasteiger partial charge in [0.25, 0.3) is 0 Å². The van der Waals surface area contributed by atoms with Crippen LogP contribution in [0.3, 0.4) is 0 Å². The number of rotatable bonds is 7. The lowest BCUT2D eigenvalue weighted by atomic mass is 9.95. The number of fused-ring (bicyclic) bond motifs is 6. The van der Waals surface area contributed by atoms with E-state index in [1.165, 1.54) is 109 Å². The van der Waals surface area contributed by atoms with Gasteiger partial charge >= 0.3 is 24.7 Å². The summed E-state index contributed by atoms with van der Waals surface area (Å²) in [5.41, 5.74) is -0.347. The molecule has 0 atom stereocenters. The Morgan fingerprint density at radius 2 is 0.512 bits per heavy atom. The predicted molar refractivity (Wildman–Crippen MR) is 292 cm³/mol. The third kappa shape index (κ3) is 9.02. The van der Waals surface area contributed by atoms with Crippen LogP contribution in [-0.2, 0) is 24.7 Å². The second-order valence-electron chi connectivity index (χ2n) is 19.5. The first-order valence-electron chi connectivity index (χ1n) is 25.0. The smallest absolute Gasteiger partial charge is 0.309 e. The van der Waals surface area contributed by atoms with Crippen LogP contribution in [0.1, 0.15) is 33.4 Å². The second-order valence-corrected chi connectivity index (χ2v) is 19.5. The van der Waals surface area contributed by atoms with Crippen molar-refractivity contribution in [3.63, 3.8) is 0 Å². The minimum Gasteiger partial charge on any atom is -0.309 e. The lowest BCUT2D eigenvalue weighted by molar-refractivity contribution is -0.137. The van der Waals surface area contributed by atoms with Crippen LogP contribution in [0.5, 0.6) is 0 Å². The molecule has 0 N–H and O–H groups in total. The Balaban J connectivity index is 1.07. The Labute approximate surface area is 457 Å². The van der Waals surface area contributed by atoms with Crippen LogP contribution >= 0.6 is 0 Å². The van der Waals surface area contributed by atoms with E-state index < -0.39 is 47.0 Å². The summed E-state index contributed by atoms with van der Waals surface area (Å²) < 4.78 is 177. The van der Waals surface area contributed by atoms with E-state index in [0.29, 0.717) is 55.0 Å². The molecular weight excluding hydrogens is 1080 g/mol. The molecule has 402 valence electrons. The molecule has 2 heterocycles. The molecule has 0 aliphatic rings. The summed E-state index contributed by atoms with van der Waals surface area (Å²) >= 11 is 0. The Bertz CT molecular complexity index is 4150. The zero-order valence-electron chi connectivity index (χ0n) is 42.0. The van der Waals surface area contributed by atoms with Gasteiger partial charge in [-0.15, -0.1) is 0 Å². The van der Waals surface area contributed by atoms with Gasteiger partial charge in [-0.05, 0) is 154 Å². The Hall–Kier alpha value is -10.1. The van der Waals surface area contributed by atoms with E-state index in [1.54, 1.807) is 81.9 Å². The maximum atomic E-state index is 14.5. The molecule has 0 bridgehead atoms. The molecule has 0 aliphatic heterocycles. The topological polar surface area (TPSA) is 57.4 Å². The van der Waals surface area contributed by atoms with Gasteiger partial charge in [0.05, 0.1) is 67.6 Å². The summed E-state index contributed by atoms with van der Waals surface area (Å²) in [5, 5.41) is 22.9. The van der Waals surface area contributed by atoms with Crippen molar-refractivity contribution in [2.45, 2.75) is 24.7 Å². The maximum absolute atomic E-state index is 14.5. The number of halogens is 12. The van der Waals surface area contributed by atoms with Crippen molar-refractivity contribution in [2.24, 2.45) is 0 Å². The minimum absolute atomic E-state index is 0.0958. The fourth-order valence-corrected chi connectivity index (χ4v) is 11.2. The Kier molecular flexibility index (Phi) is 12.4. The van der Waals surface area contributed by atoms with Crippen molar-refractivity contribution < 1.29 is 52.7 Å². The maximum Gasteiger partial charge on any atom is 0.417 e. The number of benzene rings is 10. The molecule has 10 aromatic carbocycles. The van der Waals surface area contributed by atoms with Gasteiger partial charge in [0.1, 0.15) is 0 Å². The highest BCUT2D eigenvalue weighted by Crippen LogP contribution is 2.47. The third-order valence-corrected chi connectivity index (χ3v) is 14.8. The number of nitrogens with zero attached hydrogens (tertiary/aromatic N) is 4. The number of nitriles is 2. The van der Waals surface area contributed by atoms with Crippen molar-refractivity contribution in [2.75, 3.05) is 0 Å². The van der Waals surface area contributed by atoms with E-state index in [9.17, 15) is 63.2 Å². The zero-order chi connectivity index (χ0) is 57.6. The first-order chi connectivity index (χ1) is 39.1. The van der Waals surface area contributed by atoms with Gasteiger partial charge in [0.15, 0.2) is 0 Å². The first kappa shape index (κ1) is 52.6. The van der Waals surface area contributed by atoms with Crippen LogP contribution in [0.15, 0.2) is 206 Å². The fourth-order valence-electron chi connectivity index (χ4n) is 11.2. The molecule has 2 aromatic heterocycles. The van der Waals surface area contributed by atoms with Crippen LogP contribution < -0.4 is 0 Å². The summed E-state index contributed by atoms with van der Waals surface area (Å²) in [4.78, 5) is 0. The first-order valence-corrected chi connectivity index (χ1v) is 25.0. The molecule has 0 fully saturated rings. The van der Waals surface area contributed by atoms with E-state index in [4.69, 9.17) is 0 Å². The van der Waals surface area contributed by atoms with E-state index in [0.717, 1.165) is 24.3 Å². The van der Waals surface area contributed by atoms with Crippen molar-refractivity contribution in [3.8, 4) is 79.1 Å². The average Bonchev–Trinajstić information content (AvgIpc) is 4.17. The molecule has 4 nitrogen and oxygen atoms in total. The lowest BCUT2D eigenvalue weighted by Gasteiger charge is -2.16. The van der Waals surface area contributed by atoms with Crippen LogP contribution in [0.2, 0.25) is 0 Å². The molecule has 0 saturated heterocycles. The normalized spacial score (nSPS) is 12.4. The Morgan fingerprint density at radius 1 is 0.268 bits per heavy atom. The van der Waals surface area contributed by atoms with Gasteiger partial charge < -0.3 is 9.13 Å². The van der Waals surface area contributed by atoms with Crippen molar-refractivity contribution >= 4 is 43.6 Å². The highest BCUT2D eigenvalue weighted by Gasteiger charge is 2.37. The molecule has 0 amide bonds. The molecule has 82 heavy (non-hydrogen) atoms. The van der Waals surface area contributed by atoms with Crippen molar-refractivity contribution in [1.82, 2.24) is 9.13 Å². The quantitative estimate of drug-likeness (QED) is 0.149. The number of alkyl halides is 12. The summed E-state index contributed by atoms with van der Waals surface area (Å²) in [7, 11) is 0. The van der Waals surface area contributed by atoms with Crippen LogP contribution in [0, 0.1) is 22.7 Å². The summed E-state index contributed by atoms with van der Waals surface area (Å²) in [5.74, 6) is 0. The van der Waals surface area contributed by atoms with Crippen LogP contribution in [0.4, 0.5) is 52.7 Å². The largest absolute Gasteiger partial charge is 0.417 e. The third-order valence-electron chi connectivity index (χ3n) is 14.8. The van der Waals surface area contributed by atoms with Gasteiger partial charge in [-0.1, -0.05) is 97.1 Å². The van der Waals surface area contributed by atoms with Crippen LogP contribution in [-0.4, -0.2) is 9.13 Å². The molecule has 0 aliphatic carbocycles. The highest BCUT2D eigenvalue weighted by atomic mass is 19.4. The van der Waals surface area contributed by atoms with Crippen molar-refractivity contribution in [3.05, 3.63) is 240 Å². The van der Waals surface area contributed by atoms with Crippen molar-refractivity contribution in [1.29, 1.82) is 10.5 Å². The SMILES string of the molecule is N#Cc1ccc(-n2c3ccc(-c4ccccc4C(F)(F)F)cc3c3cc(-c4ccccc4C(F)(F)F)ccc32)cc1-c1cc(-n2c3ccc(-c4ccccc4C(F)(F)F)cc3c3cc(-c4ccccc4C(F)(F)F)ccc32)ccc1C#N. The zero-order valence-corrected chi connectivity index (χ0v) is 42.0. The molecule has 12 rings (SSSR count). The summed E-state index contributed by atoms with van der Waals surface area (Å²) in [6.07, 6.45) is -18.9. The van der Waals surface area contributed by atoms with E-state index in [-0.39, 0.29) is 66.8 Å². The standard InChI is InChI=1S/C66H34F12N4/c67-63(68,69)55-13-5-1-9-45(55)37-19-25-59-51(29-37)52-30-38(46-10-2-6-14-56(46)64(70,71)72)20-26-60(52)81(59)43-23-17-41(35-79)49(33-43)50-34-44(24-18-42(50)36-80)82-61-27-21-39(47-11-3-7-15-57(47)65(73,74)75)31-53(61)54-32-40(22-28-62(54)82)48-12-4-8-16-58(48)66(76,77)78/h1-34H. The molecular formula is C66H34F12N4. The van der Waals surface area contributed by atoms with Gasteiger partial charge in [-0.2, -0.15) is 63.2 Å². The number of hydrogen-bond acceptors (Lipinski definition) is 2. The molecule has 0 radical (unpaired) electrons. The van der Waals surface area contributed by atoms with Gasteiger partial charge in [0, 0.05) is 44.0 Å². The second kappa shape index (κ2) is 19.3. The molecule has 12 aromatic rings. The number of hydrogen-bond donors (Lipinski definition) is 0. The van der Waals surface area contributed by atoms with E-state index >= 15 is 0 Å². The minimum atomic E-state index is -4.74. The van der Waals surface area contributed by atoms with Gasteiger partial charge in [-0.3, -0.25) is 0 Å². The lowest BCUT2D eigenvalue weighted by Crippen LogP contribution is -2.06. The molecule has 0 unspecified atom stereocenters.